The molecule has 1 aromatic carbocycles. The van der Waals surface area contributed by atoms with Crippen molar-refractivity contribution in [3.63, 3.8) is 0 Å². The van der Waals surface area contributed by atoms with Gasteiger partial charge in [0.15, 0.2) is 5.92 Å². The number of ether oxygens (including phenoxy) is 2. The SMILES string of the molecule is CCOC(=O)C(C(=O)OCC)C(C(=O)NC1CCCCC1)c1ccc([N+](=O)[O-])cc1. The summed E-state index contributed by atoms with van der Waals surface area (Å²) in [6, 6.07) is 5.20. The summed E-state index contributed by atoms with van der Waals surface area (Å²) in [6.07, 6.45) is 4.73. The van der Waals surface area contributed by atoms with Crippen molar-refractivity contribution in [1.29, 1.82) is 0 Å². The fourth-order valence-electron chi connectivity index (χ4n) is 3.67. The average Bonchev–Trinajstić information content (AvgIpc) is 2.72. The van der Waals surface area contributed by atoms with Gasteiger partial charge < -0.3 is 14.8 Å². The summed E-state index contributed by atoms with van der Waals surface area (Å²) in [6.45, 7) is 3.27. The van der Waals surface area contributed by atoms with Gasteiger partial charge >= 0.3 is 11.9 Å². The summed E-state index contributed by atoms with van der Waals surface area (Å²) in [4.78, 5) is 48.9. The van der Waals surface area contributed by atoms with Crippen LogP contribution in [-0.2, 0) is 23.9 Å². The molecule has 1 aromatic rings. The molecule has 0 spiro atoms. The van der Waals surface area contributed by atoms with Crippen molar-refractivity contribution in [1.82, 2.24) is 5.32 Å². The fourth-order valence-corrected chi connectivity index (χ4v) is 3.67. The molecule has 0 bridgehead atoms. The van der Waals surface area contributed by atoms with Gasteiger partial charge in [0, 0.05) is 18.2 Å². The normalized spacial score (nSPS) is 15.3. The first-order valence-corrected chi connectivity index (χ1v) is 10.3. The quantitative estimate of drug-likeness (QED) is 0.282. The number of carbonyl (C=O) groups excluding carboxylic acids is 3. The smallest absolute Gasteiger partial charge is 0.321 e. The lowest BCUT2D eigenvalue weighted by atomic mass is 9.84. The van der Waals surface area contributed by atoms with Gasteiger partial charge in [-0.3, -0.25) is 24.5 Å². The highest BCUT2D eigenvalue weighted by Crippen LogP contribution is 2.30. The lowest BCUT2D eigenvalue weighted by Gasteiger charge is -2.28. The first-order chi connectivity index (χ1) is 14.4. The largest absolute Gasteiger partial charge is 0.465 e. The number of rotatable bonds is 9. The number of benzene rings is 1. The van der Waals surface area contributed by atoms with Gasteiger partial charge in [-0.2, -0.15) is 0 Å². The molecule has 0 radical (unpaired) electrons. The summed E-state index contributed by atoms with van der Waals surface area (Å²) < 4.78 is 10.1. The number of esters is 2. The molecule has 1 saturated carbocycles. The third-order valence-corrected chi connectivity index (χ3v) is 5.11. The Labute approximate surface area is 175 Å². The Bertz CT molecular complexity index is 739. The number of amides is 1. The maximum absolute atomic E-state index is 13.2. The molecule has 9 heteroatoms. The van der Waals surface area contributed by atoms with Crippen LogP contribution >= 0.6 is 0 Å². The van der Waals surface area contributed by atoms with Gasteiger partial charge in [0.05, 0.1) is 24.1 Å². The van der Waals surface area contributed by atoms with Crippen molar-refractivity contribution in [3.8, 4) is 0 Å². The zero-order chi connectivity index (χ0) is 22.1. The number of nitrogens with one attached hydrogen (secondary N) is 1. The van der Waals surface area contributed by atoms with Crippen molar-refractivity contribution in [2.75, 3.05) is 13.2 Å². The molecule has 9 nitrogen and oxygen atoms in total. The number of hydrogen-bond donors (Lipinski definition) is 1. The second kappa shape index (κ2) is 11.3. The Hall–Kier alpha value is -2.97. The van der Waals surface area contributed by atoms with Gasteiger partial charge in [0.25, 0.3) is 5.69 Å². The average molecular weight is 420 g/mol. The first kappa shape index (κ1) is 23.3. The molecular weight excluding hydrogens is 392 g/mol. The van der Waals surface area contributed by atoms with Crippen LogP contribution < -0.4 is 5.32 Å². The van der Waals surface area contributed by atoms with E-state index in [-0.39, 0.29) is 24.9 Å². The Morgan fingerprint density at radius 3 is 2.03 bits per heavy atom. The molecule has 1 fully saturated rings. The Balaban J connectivity index is 2.42. The van der Waals surface area contributed by atoms with E-state index in [1.807, 2.05) is 0 Å². The highest BCUT2D eigenvalue weighted by Gasteiger charge is 2.43. The molecule has 2 rings (SSSR count). The van der Waals surface area contributed by atoms with Crippen LogP contribution in [0.25, 0.3) is 0 Å². The van der Waals surface area contributed by atoms with Gasteiger partial charge in [-0.15, -0.1) is 0 Å². The van der Waals surface area contributed by atoms with E-state index < -0.39 is 34.6 Å². The Morgan fingerprint density at radius 1 is 1.03 bits per heavy atom. The summed E-state index contributed by atoms with van der Waals surface area (Å²) in [7, 11) is 0. The molecule has 0 aromatic heterocycles. The van der Waals surface area contributed by atoms with Crippen molar-refractivity contribution < 1.29 is 28.8 Å². The fraction of sp³-hybridized carbons (Fsp3) is 0.571. The second-order valence-electron chi connectivity index (χ2n) is 7.15. The van der Waals surface area contributed by atoms with Crippen LogP contribution in [0.15, 0.2) is 24.3 Å². The van der Waals surface area contributed by atoms with Crippen LogP contribution in [0.1, 0.15) is 57.4 Å². The Morgan fingerprint density at radius 2 is 1.57 bits per heavy atom. The van der Waals surface area contributed by atoms with Crippen molar-refractivity contribution >= 4 is 23.5 Å². The van der Waals surface area contributed by atoms with E-state index in [0.717, 1.165) is 32.1 Å². The lowest BCUT2D eigenvalue weighted by Crippen LogP contribution is -2.45. The monoisotopic (exact) mass is 420 g/mol. The van der Waals surface area contributed by atoms with Crippen molar-refractivity contribution in [2.45, 2.75) is 57.9 Å². The van der Waals surface area contributed by atoms with Gasteiger partial charge in [0.2, 0.25) is 5.91 Å². The molecular formula is C21H28N2O7. The molecule has 1 N–H and O–H groups in total. The summed E-state index contributed by atoms with van der Waals surface area (Å²) in [5, 5.41) is 13.9. The van der Waals surface area contributed by atoms with Crippen LogP contribution in [0.2, 0.25) is 0 Å². The highest BCUT2D eigenvalue weighted by molar-refractivity contribution is 6.02. The van der Waals surface area contributed by atoms with E-state index in [2.05, 4.69) is 5.32 Å². The number of nitro groups is 1. The van der Waals surface area contributed by atoms with Crippen molar-refractivity contribution in [2.24, 2.45) is 5.92 Å². The van der Waals surface area contributed by atoms with Gasteiger partial charge in [0.1, 0.15) is 0 Å². The number of non-ortho nitro benzene ring substituents is 1. The zero-order valence-electron chi connectivity index (χ0n) is 17.3. The molecule has 0 aliphatic heterocycles. The highest BCUT2D eigenvalue weighted by atomic mass is 16.6. The molecule has 1 amide bonds. The van der Waals surface area contributed by atoms with E-state index in [1.165, 1.54) is 24.3 Å². The molecule has 1 unspecified atom stereocenters. The predicted molar refractivity (Wildman–Crippen MR) is 108 cm³/mol. The van der Waals surface area contributed by atoms with Gasteiger partial charge in [-0.05, 0) is 32.3 Å². The number of hydrogen-bond acceptors (Lipinski definition) is 7. The van der Waals surface area contributed by atoms with Crippen LogP contribution in [0.3, 0.4) is 0 Å². The maximum Gasteiger partial charge on any atom is 0.321 e. The van der Waals surface area contributed by atoms with Crippen LogP contribution in [0.5, 0.6) is 0 Å². The first-order valence-electron chi connectivity index (χ1n) is 10.3. The van der Waals surface area contributed by atoms with E-state index >= 15 is 0 Å². The maximum atomic E-state index is 13.2. The molecule has 30 heavy (non-hydrogen) atoms. The summed E-state index contributed by atoms with van der Waals surface area (Å²) in [5.41, 5.74) is 0.147. The van der Waals surface area contributed by atoms with E-state index in [0.29, 0.717) is 5.56 Å². The van der Waals surface area contributed by atoms with E-state index in [1.54, 1.807) is 13.8 Å². The minimum atomic E-state index is -1.50. The third-order valence-electron chi connectivity index (χ3n) is 5.11. The van der Waals surface area contributed by atoms with Gasteiger partial charge in [-0.1, -0.05) is 31.4 Å². The number of carbonyl (C=O) groups is 3. The third kappa shape index (κ3) is 6.01. The van der Waals surface area contributed by atoms with Crippen LogP contribution in [0, 0.1) is 16.0 Å². The lowest BCUT2D eigenvalue weighted by molar-refractivity contribution is -0.384. The molecule has 0 saturated heterocycles. The molecule has 1 aliphatic carbocycles. The zero-order valence-corrected chi connectivity index (χ0v) is 17.3. The minimum absolute atomic E-state index is 0.0337. The summed E-state index contributed by atoms with van der Waals surface area (Å²) in [5.74, 6) is -4.95. The van der Waals surface area contributed by atoms with Gasteiger partial charge in [-0.25, -0.2) is 0 Å². The molecule has 1 aliphatic rings. The van der Waals surface area contributed by atoms with Crippen LogP contribution in [0.4, 0.5) is 5.69 Å². The minimum Gasteiger partial charge on any atom is -0.465 e. The molecule has 1 atom stereocenters. The number of nitro benzene ring substituents is 1. The van der Waals surface area contributed by atoms with Crippen LogP contribution in [-0.4, -0.2) is 42.0 Å². The van der Waals surface area contributed by atoms with E-state index in [9.17, 15) is 24.5 Å². The molecule has 164 valence electrons. The van der Waals surface area contributed by atoms with Crippen molar-refractivity contribution in [3.05, 3.63) is 39.9 Å². The second-order valence-corrected chi connectivity index (χ2v) is 7.15. The summed E-state index contributed by atoms with van der Waals surface area (Å²) >= 11 is 0. The standard InChI is InChI=1S/C21H28N2O7/c1-3-29-20(25)18(21(26)30-4-2)17(14-10-12-16(13-11-14)23(27)28)19(24)22-15-8-6-5-7-9-15/h10-13,15,17-18H,3-9H2,1-2H3,(H,22,24). The van der Waals surface area contributed by atoms with E-state index in [4.69, 9.17) is 9.47 Å². The topological polar surface area (TPSA) is 125 Å². The predicted octanol–water partition coefficient (Wildman–Crippen LogP) is 2.87. The molecule has 0 heterocycles. The number of nitrogens with zero attached hydrogens (tertiary/aromatic N) is 1. The Kier molecular flexibility index (Phi) is 8.76.